The summed E-state index contributed by atoms with van der Waals surface area (Å²) in [6, 6.07) is 0.0207. The average Bonchev–Trinajstić information content (AvgIpc) is 3.23. The van der Waals surface area contributed by atoms with E-state index in [2.05, 4.69) is 25.0 Å². The summed E-state index contributed by atoms with van der Waals surface area (Å²) in [7, 11) is 1.51. The van der Waals surface area contributed by atoms with Crippen LogP contribution in [0.15, 0.2) is 35.4 Å². The first kappa shape index (κ1) is 18.4. The van der Waals surface area contributed by atoms with Crippen molar-refractivity contribution in [2.45, 2.75) is 44.8 Å². The Morgan fingerprint density at radius 3 is 2.86 bits per heavy atom. The van der Waals surface area contributed by atoms with Gasteiger partial charge in [0.25, 0.3) is 0 Å². The number of fused-ring (bicyclic) bond motifs is 1. The third kappa shape index (κ3) is 3.20. The minimum atomic E-state index is -4.55. The molecule has 150 valence electrons. The quantitative estimate of drug-likeness (QED) is 0.833. The topological polar surface area (TPSA) is 89.3 Å². The molecular formula is C17H21F3N8. The number of hydrogen-bond donors (Lipinski definition) is 2. The molecule has 0 saturated heterocycles. The van der Waals surface area contributed by atoms with Crippen molar-refractivity contribution in [3.05, 3.63) is 41.9 Å². The van der Waals surface area contributed by atoms with Crippen molar-refractivity contribution in [2.24, 2.45) is 10.7 Å². The summed E-state index contributed by atoms with van der Waals surface area (Å²) in [5.41, 5.74) is 5.99. The molecular weight excluding hydrogens is 373 g/mol. The van der Waals surface area contributed by atoms with Gasteiger partial charge in [-0.3, -0.25) is 4.68 Å². The van der Waals surface area contributed by atoms with Crippen LogP contribution < -0.4 is 11.1 Å². The van der Waals surface area contributed by atoms with Gasteiger partial charge in [0.2, 0.25) is 0 Å². The number of amidine groups is 1. The fraction of sp³-hybridized carbons (Fsp3) is 0.471. The number of imidazole rings is 1. The molecule has 4 rings (SSSR count). The summed E-state index contributed by atoms with van der Waals surface area (Å²) < 4.78 is 42.9. The lowest BCUT2D eigenvalue weighted by atomic mass is 10.1. The van der Waals surface area contributed by atoms with Crippen molar-refractivity contribution in [3.8, 4) is 0 Å². The fourth-order valence-corrected chi connectivity index (χ4v) is 3.55. The van der Waals surface area contributed by atoms with Crippen molar-refractivity contribution in [2.75, 3.05) is 12.4 Å². The lowest BCUT2D eigenvalue weighted by Crippen LogP contribution is -2.42. The molecule has 28 heavy (non-hydrogen) atoms. The van der Waals surface area contributed by atoms with E-state index in [1.807, 2.05) is 24.0 Å². The van der Waals surface area contributed by atoms with Gasteiger partial charge in [0, 0.05) is 38.4 Å². The zero-order valence-corrected chi connectivity index (χ0v) is 15.5. The summed E-state index contributed by atoms with van der Waals surface area (Å²) in [4.78, 5) is 9.74. The molecule has 3 N–H and O–H groups in total. The number of alkyl halides is 3. The van der Waals surface area contributed by atoms with Crippen LogP contribution in [0.3, 0.4) is 0 Å². The van der Waals surface area contributed by atoms with Gasteiger partial charge in [-0.25, -0.2) is 9.98 Å². The summed E-state index contributed by atoms with van der Waals surface area (Å²) in [6.07, 6.45) is 3.17. The zero-order valence-electron chi connectivity index (χ0n) is 15.5. The second-order valence-electron chi connectivity index (χ2n) is 6.98. The second-order valence-corrected chi connectivity index (χ2v) is 6.98. The fourth-order valence-electron chi connectivity index (χ4n) is 3.55. The highest BCUT2D eigenvalue weighted by atomic mass is 19.4. The highest BCUT2D eigenvalue weighted by Gasteiger charge is 2.39. The largest absolute Gasteiger partial charge is 0.421 e. The van der Waals surface area contributed by atoms with Crippen LogP contribution in [0.2, 0.25) is 0 Å². The third-order valence-electron chi connectivity index (χ3n) is 5.00. The molecule has 2 aromatic heterocycles. The minimum Gasteiger partial charge on any atom is -0.383 e. The molecule has 4 heterocycles. The number of hydrogen-bond acceptors (Lipinski definition) is 6. The molecule has 0 amide bonds. The Hall–Kier alpha value is -2.98. The number of anilines is 1. The molecule has 11 heteroatoms. The van der Waals surface area contributed by atoms with Gasteiger partial charge in [0.1, 0.15) is 23.3 Å². The Morgan fingerprint density at radius 1 is 1.32 bits per heavy atom. The molecule has 0 fully saturated rings. The van der Waals surface area contributed by atoms with Crippen molar-refractivity contribution in [1.29, 1.82) is 0 Å². The monoisotopic (exact) mass is 394 g/mol. The van der Waals surface area contributed by atoms with Crippen LogP contribution in [-0.2, 0) is 6.54 Å². The minimum absolute atomic E-state index is 0.0207. The van der Waals surface area contributed by atoms with Gasteiger partial charge >= 0.3 is 6.18 Å². The number of aliphatic imine (C=N–C) groups is 1. The molecule has 2 aliphatic rings. The lowest BCUT2D eigenvalue weighted by Gasteiger charge is -2.30. The van der Waals surface area contributed by atoms with Gasteiger partial charge in [-0.05, 0) is 19.8 Å². The van der Waals surface area contributed by atoms with E-state index in [1.54, 1.807) is 6.20 Å². The molecule has 2 unspecified atom stereocenters. The molecule has 0 aromatic carbocycles. The Kier molecular flexibility index (Phi) is 4.31. The highest BCUT2D eigenvalue weighted by Crippen LogP contribution is 2.31. The van der Waals surface area contributed by atoms with Crippen LogP contribution in [-0.4, -0.2) is 49.6 Å². The molecule has 2 atom stereocenters. The van der Waals surface area contributed by atoms with Crippen molar-refractivity contribution >= 4 is 11.5 Å². The standard InChI is InChI=1S/C17H21F3N8/c1-10-12(23-16-24-14(21)11(8-26(16)2)17(18,19)20)9-28(25-10)13-4-3-6-27-7-5-22-15(13)27/h5,7-9,13,16,23H,3-4,6H2,1-2H3,(H2,21,24). The molecule has 2 aromatic rings. The van der Waals surface area contributed by atoms with Crippen LogP contribution in [0.5, 0.6) is 0 Å². The summed E-state index contributed by atoms with van der Waals surface area (Å²) in [6.45, 7) is 2.77. The number of halogens is 3. The second kappa shape index (κ2) is 6.57. The first-order valence-corrected chi connectivity index (χ1v) is 8.92. The van der Waals surface area contributed by atoms with E-state index >= 15 is 0 Å². The van der Waals surface area contributed by atoms with E-state index < -0.39 is 23.9 Å². The number of aryl methyl sites for hydroxylation is 2. The van der Waals surface area contributed by atoms with Crippen LogP contribution in [0.1, 0.15) is 30.4 Å². The predicted octanol–water partition coefficient (Wildman–Crippen LogP) is 2.22. The number of rotatable bonds is 3. The number of aromatic nitrogens is 4. The van der Waals surface area contributed by atoms with Crippen molar-refractivity contribution in [3.63, 3.8) is 0 Å². The normalized spacial score (nSPS) is 22.5. The van der Waals surface area contributed by atoms with Crippen molar-refractivity contribution < 1.29 is 13.2 Å². The van der Waals surface area contributed by atoms with E-state index in [0.29, 0.717) is 5.69 Å². The molecule has 0 bridgehead atoms. The molecule has 0 radical (unpaired) electrons. The molecule has 8 nitrogen and oxygen atoms in total. The summed E-state index contributed by atoms with van der Waals surface area (Å²) in [5.74, 6) is 0.414. The first-order chi connectivity index (χ1) is 13.2. The Morgan fingerprint density at radius 2 is 2.11 bits per heavy atom. The maximum atomic E-state index is 13.0. The van der Waals surface area contributed by atoms with Gasteiger partial charge in [0.15, 0.2) is 6.29 Å². The molecule has 0 spiro atoms. The van der Waals surface area contributed by atoms with Crippen LogP contribution >= 0.6 is 0 Å². The van der Waals surface area contributed by atoms with Gasteiger partial charge in [-0.2, -0.15) is 18.3 Å². The Labute approximate surface area is 159 Å². The summed E-state index contributed by atoms with van der Waals surface area (Å²) in [5, 5.41) is 7.70. The van der Waals surface area contributed by atoms with Gasteiger partial charge < -0.3 is 20.5 Å². The van der Waals surface area contributed by atoms with Crippen LogP contribution in [0.4, 0.5) is 18.9 Å². The van der Waals surface area contributed by atoms with E-state index in [1.165, 1.54) is 11.9 Å². The van der Waals surface area contributed by atoms with E-state index in [-0.39, 0.29) is 6.04 Å². The average molecular weight is 394 g/mol. The zero-order chi connectivity index (χ0) is 20.1. The Bertz CT molecular complexity index is 939. The van der Waals surface area contributed by atoms with E-state index in [4.69, 9.17) is 5.73 Å². The number of nitrogens with one attached hydrogen (secondary N) is 1. The molecule has 2 aliphatic heterocycles. The van der Waals surface area contributed by atoms with Gasteiger partial charge in [-0.1, -0.05) is 0 Å². The maximum absolute atomic E-state index is 13.0. The van der Waals surface area contributed by atoms with Crippen LogP contribution in [0.25, 0.3) is 0 Å². The first-order valence-electron chi connectivity index (χ1n) is 8.92. The number of nitrogens with zero attached hydrogens (tertiary/aromatic N) is 6. The third-order valence-corrected chi connectivity index (χ3v) is 5.00. The highest BCUT2D eigenvalue weighted by molar-refractivity contribution is 5.98. The lowest BCUT2D eigenvalue weighted by molar-refractivity contribution is -0.0877. The van der Waals surface area contributed by atoms with E-state index in [0.717, 1.165) is 37.1 Å². The van der Waals surface area contributed by atoms with Gasteiger partial charge in [-0.15, -0.1) is 0 Å². The smallest absolute Gasteiger partial charge is 0.383 e. The SMILES string of the molecule is Cc1nn(C2CCCn3ccnc32)cc1NC1N=C(N)C(C(F)(F)F)=CN1C. The predicted molar refractivity (Wildman–Crippen MR) is 97.5 cm³/mol. The van der Waals surface area contributed by atoms with Gasteiger partial charge in [0.05, 0.1) is 11.4 Å². The maximum Gasteiger partial charge on any atom is 0.421 e. The molecule has 0 saturated carbocycles. The molecule has 0 aliphatic carbocycles. The Balaban J connectivity index is 1.56. The van der Waals surface area contributed by atoms with E-state index in [9.17, 15) is 13.2 Å². The van der Waals surface area contributed by atoms with Crippen LogP contribution in [0, 0.1) is 6.92 Å². The van der Waals surface area contributed by atoms with Crippen molar-refractivity contribution in [1.82, 2.24) is 24.2 Å². The summed E-state index contributed by atoms with van der Waals surface area (Å²) >= 11 is 0. The number of nitrogens with two attached hydrogens (primary N) is 1.